The Balaban J connectivity index is 1.96. The van der Waals surface area contributed by atoms with Crippen LogP contribution in [-0.4, -0.2) is 30.2 Å². The summed E-state index contributed by atoms with van der Waals surface area (Å²) in [7, 11) is 1.43. The van der Waals surface area contributed by atoms with E-state index < -0.39 is 18.0 Å². The molecule has 8 nitrogen and oxygen atoms in total. The van der Waals surface area contributed by atoms with Crippen LogP contribution in [0.5, 0.6) is 11.5 Å². The monoisotopic (exact) mass is 588 g/mol. The molecule has 0 fully saturated rings. The summed E-state index contributed by atoms with van der Waals surface area (Å²) < 4.78 is 18.1. The van der Waals surface area contributed by atoms with Crippen LogP contribution in [0.4, 0.5) is 0 Å². The molecule has 39 heavy (non-hydrogen) atoms. The molecule has 0 spiro atoms. The molecular weight excluding hydrogens is 563 g/mol. The number of benzene rings is 2. The van der Waals surface area contributed by atoms with E-state index in [4.69, 9.17) is 37.4 Å². The topological polar surface area (TPSA) is 96.2 Å². The molecule has 204 valence electrons. The van der Waals surface area contributed by atoms with Gasteiger partial charge in [-0.1, -0.05) is 60.5 Å². The number of aromatic nitrogens is 1. The zero-order valence-electron chi connectivity index (χ0n) is 21.9. The van der Waals surface area contributed by atoms with E-state index in [0.717, 1.165) is 11.3 Å². The average Bonchev–Trinajstić information content (AvgIpc) is 3.18. The molecule has 0 amide bonds. The third kappa shape index (κ3) is 5.95. The fraction of sp³-hybridized carbons (Fsp3) is 0.286. The lowest BCUT2D eigenvalue weighted by molar-refractivity contribution is -0.140. The van der Waals surface area contributed by atoms with Gasteiger partial charge in [0, 0.05) is 22.5 Å². The van der Waals surface area contributed by atoms with Crippen molar-refractivity contribution in [1.82, 2.24) is 4.57 Å². The van der Waals surface area contributed by atoms with Crippen LogP contribution in [0.2, 0.25) is 10.0 Å². The molecule has 2 aromatic carbocycles. The summed E-state index contributed by atoms with van der Waals surface area (Å²) in [6.07, 6.45) is 1.62. The van der Waals surface area contributed by atoms with Gasteiger partial charge in [0.2, 0.25) is 0 Å². The highest BCUT2D eigenvalue weighted by Crippen LogP contribution is 2.36. The first-order valence-electron chi connectivity index (χ1n) is 12.0. The van der Waals surface area contributed by atoms with Gasteiger partial charge in [0.15, 0.2) is 16.3 Å². The zero-order chi connectivity index (χ0) is 28.4. The molecule has 11 heteroatoms. The lowest BCUT2D eigenvalue weighted by Crippen LogP contribution is -2.40. The van der Waals surface area contributed by atoms with Gasteiger partial charge in [-0.15, -0.1) is 0 Å². The Bertz CT molecular complexity index is 1650. The van der Waals surface area contributed by atoms with Gasteiger partial charge in [0.05, 0.1) is 35.6 Å². The standard InChI is InChI=1S/C28H26Cl2N2O6S/c1-14(2)13-37-27(35)24-15(3)31-28-32(25(24)17-9-10-21(38-16(4)33)22(11-17)36-5)26(34)23(39-28)12-18-19(29)7-6-8-20(18)30/h6-12,14,25H,13H2,1-5H3/b23-12-/t25-/m1/s1. The van der Waals surface area contributed by atoms with Gasteiger partial charge in [-0.3, -0.25) is 14.2 Å². The second-order valence-electron chi connectivity index (χ2n) is 9.21. The molecule has 1 aliphatic rings. The van der Waals surface area contributed by atoms with Crippen LogP contribution in [0.3, 0.4) is 0 Å². The third-order valence-corrected chi connectivity index (χ3v) is 7.46. The summed E-state index contributed by atoms with van der Waals surface area (Å²) in [5.41, 5.74) is 1.29. The SMILES string of the molecule is COc1cc([C@@H]2C(C(=O)OCC(C)C)=C(C)N=c3s/c(=C\c4c(Cl)cccc4Cl)c(=O)n32)ccc1OC(C)=O. The van der Waals surface area contributed by atoms with E-state index in [1.165, 1.54) is 18.6 Å². The molecule has 4 rings (SSSR count). The minimum Gasteiger partial charge on any atom is -0.493 e. The van der Waals surface area contributed by atoms with E-state index in [9.17, 15) is 14.4 Å². The maximum absolute atomic E-state index is 13.9. The fourth-order valence-corrected chi connectivity index (χ4v) is 5.63. The second kappa shape index (κ2) is 11.8. The van der Waals surface area contributed by atoms with Crippen LogP contribution in [0, 0.1) is 5.92 Å². The van der Waals surface area contributed by atoms with Crippen LogP contribution in [0.25, 0.3) is 6.08 Å². The summed E-state index contributed by atoms with van der Waals surface area (Å²) >= 11 is 13.9. The summed E-state index contributed by atoms with van der Waals surface area (Å²) in [5, 5.41) is 0.787. The molecule has 3 aromatic rings. The normalized spacial score (nSPS) is 15.2. The first kappa shape index (κ1) is 28.6. The molecule has 2 heterocycles. The highest BCUT2D eigenvalue weighted by molar-refractivity contribution is 7.07. The van der Waals surface area contributed by atoms with E-state index in [-0.39, 0.29) is 35.2 Å². The van der Waals surface area contributed by atoms with Gasteiger partial charge < -0.3 is 14.2 Å². The summed E-state index contributed by atoms with van der Waals surface area (Å²) in [6, 6.07) is 9.05. The van der Waals surface area contributed by atoms with Gasteiger partial charge in [-0.25, -0.2) is 9.79 Å². The Morgan fingerprint density at radius 2 is 1.85 bits per heavy atom. The number of halogens is 2. The van der Waals surface area contributed by atoms with Crippen molar-refractivity contribution in [3.05, 3.63) is 88.5 Å². The van der Waals surface area contributed by atoms with Crippen LogP contribution >= 0.6 is 34.5 Å². The summed E-state index contributed by atoms with van der Waals surface area (Å²) in [4.78, 5) is 43.8. The number of esters is 2. The molecule has 0 saturated heterocycles. The number of methoxy groups -OCH3 is 1. The van der Waals surface area contributed by atoms with Gasteiger partial charge in [0.25, 0.3) is 5.56 Å². The number of hydrogen-bond donors (Lipinski definition) is 0. The van der Waals surface area contributed by atoms with Crippen molar-refractivity contribution in [3.63, 3.8) is 0 Å². The number of ether oxygens (including phenoxy) is 3. The van der Waals surface area contributed by atoms with Crippen molar-refractivity contribution >= 4 is 52.6 Å². The number of thiazole rings is 1. The van der Waals surface area contributed by atoms with Crippen LogP contribution in [-0.2, 0) is 14.3 Å². The number of fused-ring (bicyclic) bond motifs is 1. The van der Waals surface area contributed by atoms with Crippen molar-refractivity contribution in [1.29, 1.82) is 0 Å². The number of nitrogens with zero attached hydrogens (tertiary/aromatic N) is 2. The van der Waals surface area contributed by atoms with E-state index in [1.807, 2.05) is 13.8 Å². The van der Waals surface area contributed by atoms with E-state index in [2.05, 4.69) is 4.99 Å². The summed E-state index contributed by atoms with van der Waals surface area (Å²) in [5.74, 6) is -0.517. The highest BCUT2D eigenvalue weighted by atomic mass is 35.5. The Hall–Kier alpha value is -3.40. The molecule has 0 aliphatic carbocycles. The van der Waals surface area contributed by atoms with Crippen LogP contribution in [0.1, 0.15) is 44.9 Å². The third-order valence-electron chi connectivity index (χ3n) is 5.82. The molecular formula is C28H26Cl2N2O6S. The number of rotatable bonds is 7. The largest absolute Gasteiger partial charge is 0.493 e. The molecule has 0 unspecified atom stereocenters. The van der Waals surface area contributed by atoms with Crippen molar-refractivity contribution < 1.29 is 23.8 Å². The average molecular weight is 589 g/mol. The molecule has 0 saturated carbocycles. The Labute approximate surface area is 238 Å². The maximum atomic E-state index is 13.9. The van der Waals surface area contributed by atoms with Crippen LogP contribution < -0.4 is 24.4 Å². The van der Waals surface area contributed by atoms with Crippen LogP contribution in [0.15, 0.2) is 57.5 Å². The first-order chi connectivity index (χ1) is 18.5. The Morgan fingerprint density at radius 1 is 1.15 bits per heavy atom. The molecule has 1 aliphatic heterocycles. The van der Waals surface area contributed by atoms with Gasteiger partial charge in [-0.05, 0) is 48.7 Å². The van der Waals surface area contributed by atoms with Crippen molar-refractivity contribution in [2.24, 2.45) is 10.9 Å². The van der Waals surface area contributed by atoms with E-state index in [0.29, 0.717) is 36.2 Å². The first-order valence-corrected chi connectivity index (χ1v) is 13.6. The minimum atomic E-state index is -0.884. The molecule has 1 aromatic heterocycles. The zero-order valence-corrected chi connectivity index (χ0v) is 24.2. The number of carbonyl (C=O) groups is 2. The maximum Gasteiger partial charge on any atom is 0.338 e. The lowest BCUT2D eigenvalue weighted by atomic mass is 9.95. The molecule has 1 atom stereocenters. The van der Waals surface area contributed by atoms with E-state index in [1.54, 1.807) is 49.4 Å². The van der Waals surface area contributed by atoms with Gasteiger partial charge >= 0.3 is 11.9 Å². The van der Waals surface area contributed by atoms with E-state index >= 15 is 0 Å². The number of hydrogen-bond acceptors (Lipinski definition) is 8. The molecule has 0 N–H and O–H groups in total. The van der Waals surface area contributed by atoms with Crippen molar-refractivity contribution in [2.75, 3.05) is 13.7 Å². The number of allylic oxidation sites excluding steroid dienone is 1. The Kier molecular flexibility index (Phi) is 8.64. The predicted molar refractivity (Wildman–Crippen MR) is 150 cm³/mol. The minimum absolute atomic E-state index is 0.109. The fourth-order valence-electron chi connectivity index (χ4n) is 4.09. The molecule has 0 radical (unpaired) electrons. The van der Waals surface area contributed by atoms with Gasteiger partial charge in [0.1, 0.15) is 0 Å². The lowest BCUT2D eigenvalue weighted by Gasteiger charge is -2.25. The van der Waals surface area contributed by atoms with Crippen molar-refractivity contribution in [2.45, 2.75) is 33.7 Å². The Morgan fingerprint density at radius 3 is 2.46 bits per heavy atom. The van der Waals surface area contributed by atoms with Gasteiger partial charge in [-0.2, -0.15) is 0 Å². The predicted octanol–water partition coefficient (Wildman–Crippen LogP) is 4.68. The smallest absolute Gasteiger partial charge is 0.338 e. The van der Waals surface area contributed by atoms with Crippen molar-refractivity contribution in [3.8, 4) is 11.5 Å². The highest BCUT2D eigenvalue weighted by Gasteiger charge is 2.34. The quantitative estimate of drug-likeness (QED) is 0.294. The number of carbonyl (C=O) groups excluding carboxylic acids is 2. The molecule has 0 bridgehead atoms. The second-order valence-corrected chi connectivity index (χ2v) is 11.0. The summed E-state index contributed by atoms with van der Waals surface area (Å²) in [6.45, 7) is 7.04.